The summed E-state index contributed by atoms with van der Waals surface area (Å²) in [5.74, 6) is 2.47. The molecule has 0 aromatic rings. The van der Waals surface area contributed by atoms with Gasteiger partial charge in [0, 0.05) is 6.42 Å². The van der Waals surface area contributed by atoms with Crippen LogP contribution < -0.4 is 0 Å². The van der Waals surface area contributed by atoms with Gasteiger partial charge >= 0.3 is 0 Å². The Balaban J connectivity index is 2.17. The van der Waals surface area contributed by atoms with Gasteiger partial charge in [0.2, 0.25) is 0 Å². The Labute approximate surface area is 74.5 Å². The molecule has 2 aliphatic rings. The molecule has 68 valence electrons. The molecular weight excluding hydrogens is 148 g/mol. The number of carbonyl (C=O) groups excluding carboxylic acids is 1. The van der Waals surface area contributed by atoms with Crippen molar-refractivity contribution in [2.45, 2.75) is 39.5 Å². The van der Waals surface area contributed by atoms with Crippen LogP contribution in [0.2, 0.25) is 0 Å². The normalized spacial score (nSPS) is 43.3. The molecule has 12 heavy (non-hydrogen) atoms. The fourth-order valence-electron chi connectivity index (χ4n) is 3.57. The SMILES string of the molecule is CC1(C)[C@H]2CC[C@@H](C2)[C@@H]1CC=O. The van der Waals surface area contributed by atoms with E-state index >= 15 is 0 Å². The summed E-state index contributed by atoms with van der Waals surface area (Å²) in [4.78, 5) is 10.5. The first-order valence-corrected chi connectivity index (χ1v) is 5.10. The van der Waals surface area contributed by atoms with Crippen molar-refractivity contribution in [3.63, 3.8) is 0 Å². The highest BCUT2D eigenvalue weighted by Crippen LogP contribution is 2.59. The molecule has 2 aliphatic carbocycles. The van der Waals surface area contributed by atoms with Gasteiger partial charge in [0.05, 0.1) is 0 Å². The minimum absolute atomic E-state index is 0.448. The van der Waals surface area contributed by atoms with Crippen LogP contribution in [-0.2, 0) is 4.79 Å². The Morgan fingerprint density at radius 2 is 2.17 bits per heavy atom. The van der Waals surface area contributed by atoms with Gasteiger partial charge in [0.15, 0.2) is 0 Å². The van der Waals surface area contributed by atoms with Crippen molar-refractivity contribution in [1.29, 1.82) is 0 Å². The number of hydrogen-bond donors (Lipinski definition) is 0. The molecule has 1 heteroatoms. The molecule has 0 aliphatic heterocycles. The molecule has 1 nitrogen and oxygen atoms in total. The van der Waals surface area contributed by atoms with Crippen molar-refractivity contribution < 1.29 is 4.79 Å². The zero-order chi connectivity index (χ0) is 8.77. The second kappa shape index (κ2) is 2.58. The van der Waals surface area contributed by atoms with E-state index in [0.717, 1.165) is 24.5 Å². The van der Waals surface area contributed by atoms with Crippen LogP contribution in [0.1, 0.15) is 39.5 Å². The van der Waals surface area contributed by atoms with Crippen molar-refractivity contribution in [3.05, 3.63) is 0 Å². The maximum absolute atomic E-state index is 10.5. The first-order chi connectivity index (χ1) is 5.66. The summed E-state index contributed by atoms with van der Waals surface area (Å²) in [5, 5.41) is 0. The third kappa shape index (κ3) is 0.949. The lowest BCUT2D eigenvalue weighted by Crippen LogP contribution is -2.30. The molecule has 0 heterocycles. The molecule has 2 rings (SSSR count). The molecule has 2 saturated carbocycles. The van der Waals surface area contributed by atoms with E-state index in [4.69, 9.17) is 0 Å². The van der Waals surface area contributed by atoms with Gasteiger partial charge in [-0.3, -0.25) is 0 Å². The summed E-state index contributed by atoms with van der Waals surface area (Å²) < 4.78 is 0. The minimum atomic E-state index is 0.448. The highest BCUT2D eigenvalue weighted by atomic mass is 16.1. The van der Waals surface area contributed by atoms with Gasteiger partial charge in [0.25, 0.3) is 0 Å². The summed E-state index contributed by atoms with van der Waals surface area (Å²) in [6.45, 7) is 4.70. The highest BCUT2D eigenvalue weighted by Gasteiger charge is 2.51. The van der Waals surface area contributed by atoms with Gasteiger partial charge < -0.3 is 4.79 Å². The zero-order valence-electron chi connectivity index (χ0n) is 8.05. The van der Waals surface area contributed by atoms with Gasteiger partial charge in [-0.2, -0.15) is 0 Å². The van der Waals surface area contributed by atoms with E-state index in [9.17, 15) is 4.79 Å². The standard InChI is InChI=1S/C11H18O/c1-11(2)9-4-3-8(7-9)10(11)5-6-12/h6,8-10H,3-5,7H2,1-2H3/t8-,9-,10-/m0/s1. The maximum atomic E-state index is 10.5. The second-order valence-corrected chi connectivity index (χ2v) is 5.10. The largest absolute Gasteiger partial charge is 0.303 e. The van der Waals surface area contributed by atoms with Gasteiger partial charge in [-0.1, -0.05) is 13.8 Å². The van der Waals surface area contributed by atoms with Crippen molar-refractivity contribution in [3.8, 4) is 0 Å². The molecule has 2 fully saturated rings. The van der Waals surface area contributed by atoms with Gasteiger partial charge in [-0.25, -0.2) is 0 Å². The summed E-state index contributed by atoms with van der Waals surface area (Å²) in [6, 6.07) is 0. The molecular formula is C11H18O. The molecule has 0 unspecified atom stereocenters. The van der Waals surface area contributed by atoms with E-state index in [0.29, 0.717) is 11.3 Å². The van der Waals surface area contributed by atoms with Crippen molar-refractivity contribution in [2.75, 3.05) is 0 Å². The average molecular weight is 166 g/mol. The van der Waals surface area contributed by atoms with E-state index in [1.54, 1.807) is 0 Å². The van der Waals surface area contributed by atoms with Crippen LogP contribution in [0.15, 0.2) is 0 Å². The van der Waals surface area contributed by atoms with E-state index < -0.39 is 0 Å². The van der Waals surface area contributed by atoms with Crippen LogP contribution >= 0.6 is 0 Å². The molecule has 0 spiro atoms. The maximum Gasteiger partial charge on any atom is 0.120 e. The molecule has 0 N–H and O–H groups in total. The van der Waals surface area contributed by atoms with Gasteiger partial charge in [-0.05, 0) is 42.4 Å². The van der Waals surface area contributed by atoms with E-state index in [2.05, 4.69) is 13.8 Å². The summed E-state index contributed by atoms with van der Waals surface area (Å²) in [6.07, 6.45) is 6.10. The summed E-state index contributed by atoms with van der Waals surface area (Å²) in [7, 11) is 0. The topological polar surface area (TPSA) is 17.1 Å². The lowest BCUT2D eigenvalue weighted by Gasteiger charge is -2.37. The molecule has 3 atom stereocenters. The fourth-order valence-corrected chi connectivity index (χ4v) is 3.57. The molecule has 2 bridgehead atoms. The first-order valence-electron chi connectivity index (χ1n) is 5.10. The van der Waals surface area contributed by atoms with Gasteiger partial charge in [0.1, 0.15) is 6.29 Å². The Morgan fingerprint density at radius 1 is 1.42 bits per heavy atom. The smallest absolute Gasteiger partial charge is 0.120 e. The van der Waals surface area contributed by atoms with Crippen LogP contribution in [0.5, 0.6) is 0 Å². The third-order valence-corrected chi connectivity index (χ3v) is 4.40. The number of rotatable bonds is 2. The van der Waals surface area contributed by atoms with Crippen molar-refractivity contribution in [1.82, 2.24) is 0 Å². The van der Waals surface area contributed by atoms with Crippen LogP contribution in [0, 0.1) is 23.2 Å². The lowest BCUT2D eigenvalue weighted by molar-refractivity contribution is -0.110. The van der Waals surface area contributed by atoms with Crippen molar-refractivity contribution in [2.24, 2.45) is 23.2 Å². The van der Waals surface area contributed by atoms with Crippen LogP contribution in [-0.4, -0.2) is 6.29 Å². The predicted molar refractivity (Wildman–Crippen MR) is 48.8 cm³/mol. The van der Waals surface area contributed by atoms with Crippen LogP contribution in [0.3, 0.4) is 0 Å². The monoisotopic (exact) mass is 166 g/mol. The van der Waals surface area contributed by atoms with Crippen LogP contribution in [0.4, 0.5) is 0 Å². The fraction of sp³-hybridized carbons (Fsp3) is 0.909. The molecule has 0 aromatic heterocycles. The Bertz CT molecular complexity index is 195. The van der Waals surface area contributed by atoms with E-state index in [-0.39, 0.29) is 0 Å². The molecule has 0 amide bonds. The van der Waals surface area contributed by atoms with Gasteiger partial charge in [-0.15, -0.1) is 0 Å². The third-order valence-electron chi connectivity index (χ3n) is 4.40. The highest BCUT2D eigenvalue weighted by molar-refractivity contribution is 5.50. The van der Waals surface area contributed by atoms with Crippen molar-refractivity contribution >= 4 is 6.29 Å². The lowest BCUT2D eigenvalue weighted by atomic mass is 9.68. The number of hydrogen-bond acceptors (Lipinski definition) is 1. The summed E-state index contributed by atoms with van der Waals surface area (Å²) in [5.41, 5.74) is 0.448. The Hall–Kier alpha value is -0.330. The zero-order valence-corrected chi connectivity index (χ0v) is 8.05. The van der Waals surface area contributed by atoms with E-state index in [1.807, 2.05) is 0 Å². The molecule has 0 radical (unpaired) electrons. The first kappa shape index (κ1) is 8.28. The second-order valence-electron chi connectivity index (χ2n) is 5.10. The molecule has 0 saturated heterocycles. The Kier molecular flexibility index (Phi) is 1.78. The summed E-state index contributed by atoms with van der Waals surface area (Å²) >= 11 is 0. The quantitative estimate of drug-likeness (QED) is 0.576. The number of carbonyl (C=O) groups is 1. The van der Waals surface area contributed by atoms with Crippen LogP contribution in [0.25, 0.3) is 0 Å². The Morgan fingerprint density at radius 3 is 2.67 bits per heavy atom. The minimum Gasteiger partial charge on any atom is -0.303 e. The van der Waals surface area contributed by atoms with E-state index in [1.165, 1.54) is 19.3 Å². The average Bonchev–Trinajstić information content (AvgIpc) is 2.53. The molecule has 0 aromatic carbocycles. The number of aldehydes is 1. The number of fused-ring (bicyclic) bond motifs is 2. The predicted octanol–water partition coefficient (Wildman–Crippen LogP) is 2.65.